The highest BCUT2D eigenvalue weighted by Gasteiger charge is 2.11. The van der Waals surface area contributed by atoms with Gasteiger partial charge in [0.2, 0.25) is 5.91 Å². The molecule has 150 valence electrons. The highest BCUT2D eigenvalue weighted by atomic mass is 16.5. The molecule has 0 unspecified atom stereocenters. The average Bonchev–Trinajstić information content (AvgIpc) is 2.74. The second kappa shape index (κ2) is 11.6. The van der Waals surface area contributed by atoms with Crippen molar-refractivity contribution in [3.8, 4) is 11.5 Å². The standard InChI is InChI=1S/C21H26N2O5/c1-26-18-11-17(12-19(13-18)27-2)21(25)23-14-20(24)22-9-6-10-28-15-16-7-4-3-5-8-16/h3-5,7-8,11-13H,6,9-10,14-15H2,1-2H3,(H,22,24)(H,23,25). The number of hydrogen-bond acceptors (Lipinski definition) is 5. The molecule has 28 heavy (non-hydrogen) atoms. The Labute approximate surface area is 165 Å². The molecule has 0 fully saturated rings. The zero-order valence-electron chi connectivity index (χ0n) is 16.2. The molecule has 0 radical (unpaired) electrons. The van der Waals surface area contributed by atoms with Crippen molar-refractivity contribution in [1.29, 1.82) is 0 Å². The van der Waals surface area contributed by atoms with Crippen molar-refractivity contribution in [2.45, 2.75) is 13.0 Å². The van der Waals surface area contributed by atoms with Crippen LogP contribution < -0.4 is 20.1 Å². The maximum atomic E-state index is 12.2. The maximum Gasteiger partial charge on any atom is 0.251 e. The van der Waals surface area contributed by atoms with Crippen molar-refractivity contribution in [3.63, 3.8) is 0 Å². The molecular formula is C21H26N2O5. The van der Waals surface area contributed by atoms with E-state index in [0.717, 1.165) is 5.56 Å². The Morgan fingerprint density at radius 2 is 1.61 bits per heavy atom. The first kappa shape index (κ1) is 21.2. The summed E-state index contributed by atoms with van der Waals surface area (Å²) in [6.07, 6.45) is 0.694. The van der Waals surface area contributed by atoms with Gasteiger partial charge in [-0.3, -0.25) is 9.59 Å². The Balaban J connectivity index is 1.63. The van der Waals surface area contributed by atoms with Crippen molar-refractivity contribution < 1.29 is 23.8 Å². The quantitative estimate of drug-likeness (QED) is 0.578. The molecule has 0 atom stereocenters. The molecule has 2 N–H and O–H groups in total. The molecule has 0 bridgehead atoms. The first-order chi connectivity index (χ1) is 13.6. The van der Waals surface area contributed by atoms with Gasteiger partial charge < -0.3 is 24.8 Å². The van der Waals surface area contributed by atoms with Crippen LogP contribution >= 0.6 is 0 Å². The van der Waals surface area contributed by atoms with E-state index in [1.54, 1.807) is 18.2 Å². The van der Waals surface area contributed by atoms with Gasteiger partial charge in [0.25, 0.3) is 5.91 Å². The van der Waals surface area contributed by atoms with E-state index in [1.165, 1.54) is 14.2 Å². The molecule has 0 aliphatic rings. The van der Waals surface area contributed by atoms with Crippen molar-refractivity contribution >= 4 is 11.8 Å². The van der Waals surface area contributed by atoms with E-state index in [0.29, 0.717) is 43.2 Å². The minimum Gasteiger partial charge on any atom is -0.497 e. The minimum atomic E-state index is -0.376. The van der Waals surface area contributed by atoms with E-state index in [9.17, 15) is 9.59 Å². The first-order valence-electron chi connectivity index (χ1n) is 9.02. The van der Waals surface area contributed by atoms with Crippen LogP contribution in [0.4, 0.5) is 0 Å². The van der Waals surface area contributed by atoms with Crippen LogP contribution in [0.3, 0.4) is 0 Å². The SMILES string of the molecule is COc1cc(OC)cc(C(=O)NCC(=O)NCCCOCc2ccccc2)c1. The van der Waals surface area contributed by atoms with Crippen LogP contribution in [0.5, 0.6) is 11.5 Å². The summed E-state index contributed by atoms with van der Waals surface area (Å²) in [6, 6.07) is 14.7. The highest BCUT2D eigenvalue weighted by molar-refractivity contribution is 5.97. The van der Waals surface area contributed by atoms with Gasteiger partial charge in [0.05, 0.1) is 27.4 Å². The Kier molecular flexibility index (Phi) is 8.81. The third kappa shape index (κ3) is 7.28. The number of nitrogens with one attached hydrogen (secondary N) is 2. The summed E-state index contributed by atoms with van der Waals surface area (Å²) in [7, 11) is 3.01. The second-order valence-corrected chi connectivity index (χ2v) is 6.03. The molecule has 0 saturated heterocycles. The van der Waals surface area contributed by atoms with E-state index in [4.69, 9.17) is 14.2 Å². The normalized spacial score (nSPS) is 10.2. The Morgan fingerprint density at radius 3 is 2.25 bits per heavy atom. The third-order valence-electron chi connectivity index (χ3n) is 3.92. The lowest BCUT2D eigenvalue weighted by Gasteiger charge is -2.10. The number of ether oxygens (including phenoxy) is 3. The number of carbonyl (C=O) groups is 2. The molecule has 0 aliphatic carbocycles. The molecule has 0 heterocycles. The summed E-state index contributed by atoms with van der Waals surface area (Å²) in [5.74, 6) is 0.374. The van der Waals surface area contributed by atoms with Gasteiger partial charge in [0, 0.05) is 24.8 Å². The zero-order valence-corrected chi connectivity index (χ0v) is 16.2. The van der Waals surface area contributed by atoms with Crippen LogP contribution in [0.1, 0.15) is 22.3 Å². The number of amides is 2. The smallest absolute Gasteiger partial charge is 0.251 e. The van der Waals surface area contributed by atoms with Gasteiger partial charge >= 0.3 is 0 Å². The lowest BCUT2D eigenvalue weighted by Crippen LogP contribution is -2.37. The third-order valence-corrected chi connectivity index (χ3v) is 3.92. The van der Waals surface area contributed by atoms with Gasteiger partial charge in [-0.2, -0.15) is 0 Å². The van der Waals surface area contributed by atoms with E-state index in [1.807, 2.05) is 30.3 Å². The fourth-order valence-electron chi connectivity index (χ4n) is 2.43. The number of hydrogen-bond donors (Lipinski definition) is 2. The van der Waals surface area contributed by atoms with Crippen LogP contribution in [0, 0.1) is 0 Å². The number of carbonyl (C=O) groups excluding carboxylic acids is 2. The van der Waals surface area contributed by atoms with Crippen LogP contribution in [-0.4, -0.2) is 45.7 Å². The molecular weight excluding hydrogens is 360 g/mol. The van der Waals surface area contributed by atoms with Crippen LogP contribution in [0.15, 0.2) is 48.5 Å². The summed E-state index contributed by atoms with van der Waals surface area (Å²) < 4.78 is 15.8. The molecule has 2 aromatic rings. The van der Waals surface area contributed by atoms with Gasteiger partial charge in [0.1, 0.15) is 11.5 Å². The van der Waals surface area contributed by atoms with Gasteiger partial charge in [-0.1, -0.05) is 30.3 Å². The molecule has 2 amide bonds. The maximum absolute atomic E-state index is 12.2. The van der Waals surface area contributed by atoms with E-state index < -0.39 is 0 Å². The van der Waals surface area contributed by atoms with Crippen molar-refractivity contribution in [2.75, 3.05) is 33.9 Å². The van der Waals surface area contributed by atoms with Crippen molar-refractivity contribution in [1.82, 2.24) is 10.6 Å². The predicted octanol–water partition coefficient (Wildman–Crippen LogP) is 2.16. The summed E-state index contributed by atoms with van der Waals surface area (Å²) in [5, 5.41) is 5.33. The molecule has 0 aromatic heterocycles. The zero-order chi connectivity index (χ0) is 20.2. The number of benzene rings is 2. The Bertz CT molecular complexity index is 742. The molecule has 2 aromatic carbocycles. The van der Waals surface area contributed by atoms with Crippen molar-refractivity contribution in [3.05, 3.63) is 59.7 Å². The lowest BCUT2D eigenvalue weighted by molar-refractivity contribution is -0.120. The number of rotatable bonds is 11. The van der Waals surface area contributed by atoms with Gasteiger partial charge in [0.15, 0.2) is 0 Å². The molecule has 0 saturated carbocycles. The van der Waals surface area contributed by atoms with E-state index in [-0.39, 0.29) is 18.4 Å². The summed E-state index contributed by atoms with van der Waals surface area (Å²) in [5.41, 5.74) is 1.47. The fraction of sp³-hybridized carbons (Fsp3) is 0.333. The predicted molar refractivity (Wildman–Crippen MR) is 106 cm³/mol. The van der Waals surface area contributed by atoms with E-state index in [2.05, 4.69) is 10.6 Å². The summed E-state index contributed by atoms with van der Waals surface area (Å²) in [6.45, 7) is 1.47. The molecule has 0 spiro atoms. The Morgan fingerprint density at radius 1 is 0.929 bits per heavy atom. The van der Waals surface area contributed by atoms with Gasteiger partial charge in [-0.25, -0.2) is 0 Å². The van der Waals surface area contributed by atoms with Crippen LogP contribution in [0.2, 0.25) is 0 Å². The minimum absolute atomic E-state index is 0.108. The van der Waals surface area contributed by atoms with Crippen molar-refractivity contribution in [2.24, 2.45) is 0 Å². The second-order valence-electron chi connectivity index (χ2n) is 6.03. The molecule has 2 rings (SSSR count). The summed E-state index contributed by atoms with van der Waals surface area (Å²) in [4.78, 5) is 24.1. The molecule has 7 nitrogen and oxygen atoms in total. The highest BCUT2D eigenvalue weighted by Crippen LogP contribution is 2.22. The summed E-state index contributed by atoms with van der Waals surface area (Å²) >= 11 is 0. The lowest BCUT2D eigenvalue weighted by atomic mass is 10.2. The first-order valence-corrected chi connectivity index (χ1v) is 9.02. The van der Waals surface area contributed by atoms with E-state index >= 15 is 0 Å². The van der Waals surface area contributed by atoms with Crippen LogP contribution in [0.25, 0.3) is 0 Å². The number of methoxy groups -OCH3 is 2. The fourth-order valence-corrected chi connectivity index (χ4v) is 2.43. The molecule has 7 heteroatoms. The van der Waals surface area contributed by atoms with Crippen LogP contribution in [-0.2, 0) is 16.1 Å². The molecule has 0 aliphatic heterocycles. The monoisotopic (exact) mass is 386 g/mol. The Hall–Kier alpha value is -3.06. The van der Waals surface area contributed by atoms with Gasteiger partial charge in [-0.05, 0) is 24.1 Å². The average molecular weight is 386 g/mol. The van der Waals surface area contributed by atoms with Gasteiger partial charge in [-0.15, -0.1) is 0 Å². The largest absolute Gasteiger partial charge is 0.497 e. The topological polar surface area (TPSA) is 85.9 Å².